The molecule has 22 heteroatoms. The van der Waals surface area contributed by atoms with E-state index in [-0.39, 0.29) is 29.9 Å². The van der Waals surface area contributed by atoms with E-state index in [0.29, 0.717) is 117 Å². The Bertz CT molecular complexity index is 2670. The van der Waals surface area contributed by atoms with Gasteiger partial charge >= 0.3 is 0 Å². The zero-order valence-electron chi connectivity index (χ0n) is 40.8. The minimum absolute atomic E-state index is 0.0549. The molecule has 4 aromatic rings. The number of carbonyl (C=O) groups excluding carboxylic acids is 5. The highest BCUT2D eigenvalue weighted by Gasteiger charge is 2.45. The van der Waals surface area contributed by atoms with Crippen LogP contribution in [0.2, 0.25) is 5.02 Å². The van der Waals surface area contributed by atoms with Crippen LogP contribution in [-0.2, 0) is 33.2 Å². The quantitative estimate of drug-likeness (QED) is 0.0465. The number of piperazine rings is 1. The lowest BCUT2D eigenvalue weighted by molar-refractivity contribution is -0.136. The summed E-state index contributed by atoms with van der Waals surface area (Å²) in [6.45, 7) is 10.7. The van der Waals surface area contributed by atoms with Crippen molar-refractivity contribution in [2.75, 3.05) is 127 Å². The van der Waals surface area contributed by atoms with Crippen molar-refractivity contribution >= 4 is 88.1 Å². The number of rotatable bonds is 22. The predicted octanol–water partition coefficient (Wildman–Crippen LogP) is 4.94. The highest BCUT2D eigenvalue weighted by molar-refractivity contribution is 7.70. The first-order valence-corrected chi connectivity index (χ1v) is 27.2. The minimum Gasteiger partial charge on any atom is -0.494 e. The summed E-state index contributed by atoms with van der Waals surface area (Å²) in [6.07, 6.45) is 4.00. The molecule has 1 unspecified atom stereocenters. The van der Waals surface area contributed by atoms with Crippen molar-refractivity contribution in [3.63, 3.8) is 0 Å². The third-order valence-electron chi connectivity index (χ3n) is 13.2. The number of ether oxygens (including phenoxy) is 4. The number of piperidine rings is 2. The Kier molecular flexibility index (Phi) is 17.4. The van der Waals surface area contributed by atoms with Gasteiger partial charge in [-0.3, -0.25) is 39.1 Å². The summed E-state index contributed by atoms with van der Waals surface area (Å²) in [7, 11) is -0.931. The van der Waals surface area contributed by atoms with Gasteiger partial charge in [0.1, 0.15) is 24.0 Å². The van der Waals surface area contributed by atoms with Crippen LogP contribution in [-0.4, -0.2) is 172 Å². The molecule has 3 aromatic carbocycles. The summed E-state index contributed by atoms with van der Waals surface area (Å²) >= 11 is 6.48. The largest absolute Gasteiger partial charge is 0.494 e. The van der Waals surface area contributed by atoms with Gasteiger partial charge in [0.05, 0.1) is 81.9 Å². The molecular formula is C50H62ClN10O10P. The fourth-order valence-electron chi connectivity index (χ4n) is 9.40. The smallest absolute Gasteiger partial charge is 0.264 e. The molecule has 8 rings (SSSR count). The van der Waals surface area contributed by atoms with Gasteiger partial charge in [-0.1, -0.05) is 29.8 Å². The summed E-state index contributed by atoms with van der Waals surface area (Å²) in [4.78, 5) is 80.1. The zero-order valence-corrected chi connectivity index (χ0v) is 42.5. The third kappa shape index (κ3) is 12.7. The second kappa shape index (κ2) is 24.0. The molecule has 0 bridgehead atoms. The highest BCUT2D eigenvalue weighted by atomic mass is 35.5. The Hall–Kier alpha value is -6.15. The van der Waals surface area contributed by atoms with Crippen LogP contribution >= 0.6 is 18.7 Å². The number of hydrogen-bond donors (Lipinski definition) is 4. The number of amides is 5. The van der Waals surface area contributed by atoms with Gasteiger partial charge in [-0.25, -0.2) is 4.98 Å². The van der Waals surface area contributed by atoms with E-state index in [0.717, 1.165) is 49.6 Å². The lowest BCUT2D eigenvalue weighted by Gasteiger charge is -2.43. The Morgan fingerprint density at radius 2 is 1.51 bits per heavy atom. The van der Waals surface area contributed by atoms with Crippen LogP contribution in [0.1, 0.15) is 52.8 Å². The maximum atomic E-state index is 13.3. The standard InChI is InChI=1S/C50H62ClN10O10P/c1-68-41-31-34(11-12-37(41)55-50-53-32-36(51)46(57-50)54-38-8-4-5-10-42(38)72(2,3)67)58-19-15-33(16-20-58)59-21-23-60(24-22-59)44(63)17-25-69-27-29-71-30-28-70-26-18-52-39-9-6-7-35-45(39)49(66)61(48(35)65)40-13-14-43(62)56-47(40)64/h4-12,31-33,40,52H,13-30H2,1-3H3,(H,56,62,64)(H2,53,54,55,57). The first kappa shape index (κ1) is 52.2. The van der Waals surface area contributed by atoms with E-state index >= 15 is 0 Å². The van der Waals surface area contributed by atoms with E-state index in [9.17, 15) is 28.5 Å². The molecule has 3 fully saturated rings. The predicted molar refractivity (Wildman–Crippen MR) is 274 cm³/mol. The van der Waals surface area contributed by atoms with E-state index < -0.39 is 36.8 Å². The number of halogens is 1. The maximum absolute atomic E-state index is 13.3. The number of benzene rings is 3. The highest BCUT2D eigenvalue weighted by Crippen LogP contribution is 2.39. The maximum Gasteiger partial charge on any atom is 0.264 e. The molecule has 0 aliphatic carbocycles. The minimum atomic E-state index is -2.56. The fourth-order valence-corrected chi connectivity index (χ4v) is 10.7. The van der Waals surface area contributed by atoms with Gasteiger partial charge in [0.25, 0.3) is 11.8 Å². The number of methoxy groups -OCH3 is 1. The second-order valence-corrected chi connectivity index (χ2v) is 21.8. The van der Waals surface area contributed by atoms with E-state index in [4.69, 9.17) is 30.5 Å². The van der Waals surface area contributed by atoms with Crippen LogP contribution in [0.4, 0.5) is 34.5 Å². The zero-order chi connectivity index (χ0) is 50.8. The Balaban J connectivity index is 0.673. The molecule has 0 radical (unpaired) electrons. The molecule has 1 atom stereocenters. The lowest BCUT2D eigenvalue weighted by atomic mass is 10.0. The fraction of sp³-hybridized carbons (Fsp3) is 0.460. The second-order valence-electron chi connectivity index (χ2n) is 18.2. The molecule has 0 saturated carbocycles. The molecule has 5 heterocycles. The molecular weight excluding hydrogens is 967 g/mol. The van der Waals surface area contributed by atoms with Crippen LogP contribution in [0, 0.1) is 0 Å². The number of carbonyl (C=O) groups is 5. The van der Waals surface area contributed by atoms with Crippen molar-refractivity contribution in [2.45, 2.75) is 44.2 Å². The van der Waals surface area contributed by atoms with E-state index in [1.807, 2.05) is 41.3 Å². The Morgan fingerprint density at radius 3 is 2.24 bits per heavy atom. The molecule has 384 valence electrons. The van der Waals surface area contributed by atoms with Crippen LogP contribution < -0.4 is 36.2 Å². The third-order valence-corrected chi connectivity index (χ3v) is 15.0. The van der Waals surface area contributed by atoms with Crippen molar-refractivity contribution in [1.29, 1.82) is 0 Å². The van der Waals surface area contributed by atoms with Crippen molar-refractivity contribution < 1.29 is 47.5 Å². The van der Waals surface area contributed by atoms with Crippen molar-refractivity contribution in [3.8, 4) is 5.75 Å². The van der Waals surface area contributed by atoms with Gasteiger partial charge in [0.2, 0.25) is 23.7 Å². The molecule has 4 aliphatic heterocycles. The molecule has 72 heavy (non-hydrogen) atoms. The van der Waals surface area contributed by atoms with Crippen molar-refractivity contribution in [2.24, 2.45) is 0 Å². The molecule has 20 nitrogen and oxygen atoms in total. The number of fused-ring (bicyclic) bond motifs is 1. The summed E-state index contributed by atoms with van der Waals surface area (Å²) in [5, 5.41) is 12.9. The van der Waals surface area contributed by atoms with Crippen molar-refractivity contribution in [1.82, 2.24) is 30.0 Å². The molecule has 5 amide bonds. The number of nitrogens with one attached hydrogen (secondary N) is 4. The topological polar surface area (TPSA) is 226 Å². The molecule has 3 saturated heterocycles. The van der Waals surface area contributed by atoms with Gasteiger partial charge in [0, 0.05) is 81.0 Å². The number of imide groups is 2. The molecule has 0 spiro atoms. The average Bonchev–Trinajstić information content (AvgIpc) is 3.63. The summed E-state index contributed by atoms with van der Waals surface area (Å²) in [5.41, 5.74) is 3.31. The Morgan fingerprint density at radius 1 is 0.806 bits per heavy atom. The van der Waals surface area contributed by atoms with Crippen LogP contribution in [0.15, 0.2) is 66.9 Å². The monoisotopic (exact) mass is 1030 g/mol. The molecule has 1 aromatic heterocycles. The van der Waals surface area contributed by atoms with Gasteiger partial charge in [-0.15, -0.1) is 0 Å². The normalized spacial score (nSPS) is 17.8. The van der Waals surface area contributed by atoms with Gasteiger partial charge in [-0.05, 0) is 69.0 Å². The Labute approximate surface area is 423 Å². The summed E-state index contributed by atoms with van der Waals surface area (Å²) < 4.78 is 35.7. The number of hydrogen-bond acceptors (Lipinski definition) is 17. The average molecular weight is 1030 g/mol. The molecule has 4 aliphatic rings. The number of nitrogens with zero attached hydrogens (tertiary/aromatic N) is 6. The van der Waals surface area contributed by atoms with Crippen molar-refractivity contribution in [3.05, 3.63) is 83.0 Å². The lowest BCUT2D eigenvalue weighted by Crippen LogP contribution is -2.54. The number of aromatic nitrogens is 2. The molecule has 4 N–H and O–H groups in total. The van der Waals surface area contributed by atoms with Gasteiger partial charge in [0.15, 0.2) is 5.82 Å². The summed E-state index contributed by atoms with van der Waals surface area (Å²) in [6, 6.07) is 17.8. The van der Waals surface area contributed by atoms with Gasteiger partial charge < -0.3 is 49.3 Å². The van der Waals surface area contributed by atoms with Crippen LogP contribution in [0.5, 0.6) is 5.75 Å². The SMILES string of the molecule is COc1cc(N2CCC(N3CCN(C(=O)CCOCCOCCOCCNc4cccc5c4C(=O)N(C4CCC(=O)NC4=O)C5=O)CC3)CC2)ccc1Nc1ncc(Cl)c(Nc2ccccc2P(C)(C)=O)n1. The first-order valence-electron chi connectivity index (χ1n) is 24.3. The van der Waals surface area contributed by atoms with Gasteiger partial charge in [-0.2, -0.15) is 4.98 Å². The van der Waals surface area contributed by atoms with Crippen LogP contribution in [0.3, 0.4) is 0 Å². The summed E-state index contributed by atoms with van der Waals surface area (Å²) in [5.74, 6) is -0.754. The van der Waals surface area contributed by atoms with E-state index in [1.165, 1.54) is 6.20 Å². The first-order chi connectivity index (χ1) is 34.8. The number of anilines is 6. The van der Waals surface area contributed by atoms with Crippen LogP contribution in [0.25, 0.3) is 0 Å². The van der Waals surface area contributed by atoms with E-state index in [1.54, 1.807) is 38.6 Å². The number of para-hydroxylation sites is 1. The van der Waals surface area contributed by atoms with E-state index in [2.05, 4.69) is 47.1 Å².